The van der Waals surface area contributed by atoms with Gasteiger partial charge in [0.25, 0.3) is 0 Å². The van der Waals surface area contributed by atoms with Gasteiger partial charge in [-0.3, -0.25) is 0 Å². The van der Waals surface area contributed by atoms with Crippen LogP contribution in [-0.2, 0) is 0 Å². The maximum atomic E-state index is 3.49. The summed E-state index contributed by atoms with van der Waals surface area (Å²) in [6.45, 7) is 7.19. The van der Waals surface area contributed by atoms with Gasteiger partial charge in [0.1, 0.15) is 0 Å². The number of hydrogen-bond acceptors (Lipinski definition) is 1. The molecule has 0 amide bonds. The van der Waals surface area contributed by atoms with Crippen molar-refractivity contribution < 1.29 is 0 Å². The zero-order valence-electron chi connectivity index (χ0n) is 12.1. The predicted molar refractivity (Wildman–Crippen MR) is 97.8 cm³/mol. The van der Waals surface area contributed by atoms with E-state index in [1.54, 1.807) is 0 Å². The maximum Gasteiger partial charge on any atom is 0.0862 e. The third kappa shape index (κ3) is 4.65. The highest BCUT2D eigenvalue weighted by molar-refractivity contribution is 9.10. The Morgan fingerprint density at radius 1 is 0.950 bits per heavy atom. The molecule has 0 bridgehead atoms. The van der Waals surface area contributed by atoms with E-state index in [1.807, 2.05) is 11.8 Å². The molecular formula is C17H19BrSSi. The molecule has 0 aromatic heterocycles. The summed E-state index contributed by atoms with van der Waals surface area (Å²) < 4.78 is 2.63. The summed E-state index contributed by atoms with van der Waals surface area (Å²) in [7, 11) is -1.35. The third-order valence-electron chi connectivity index (χ3n) is 2.88. The lowest BCUT2D eigenvalue weighted by Gasteiger charge is -2.20. The highest BCUT2D eigenvalue weighted by Crippen LogP contribution is 2.35. The first-order chi connectivity index (χ1) is 9.45. The lowest BCUT2D eigenvalue weighted by atomic mass is 10.2. The average Bonchev–Trinajstić information content (AvgIpc) is 2.40. The van der Waals surface area contributed by atoms with Crippen LogP contribution in [0.4, 0.5) is 0 Å². The first-order valence-corrected chi connectivity index (χ1v) is 11.8. The molecule has 3 heteroatoms. The van der Waals surface area contributed by atoms with E-state index in [4.69, 9.17) is 0 Å². The van der Waals surface area contributed by atoms with Gasteiger partial charge in [0.05, 0.1) is 8.07 Å². The molecule has 2 rings (SSSR count). The van der Waals surface area contributed by atoms with Crippen LogP contribution in [0.5, 0.6) is 0 Å². The highest BCUT2D eigenvalue weighted by Gasteiger charge is 2.20. The van der Waals surface area contributed by atoms with Gasteiger partial charge in [0.2, 0.25) is 0 Å². The molecule has 0 aliphatic carbocycles. The van der Waals surface area contributed by atoms with E-state index < -0.39 is 8.07 Å². The summed E-state index contributed by atoms with van der Waals surface area (Å²) in [5, 5.41) is 0. The molecule has 0 N–H and O–H groups in total. The van der Waals surface area contributed by atoms with E-state index in [0.717, 1.165) is 4.47 Å². The van der Waals surface area contributed by atoms with Crippen LogP contribution in [-0.4, -0.2) is 8.07 Å². The van der Waals surface area contributed by atoms with Crippen LogP contribution in [0.2, 0.25) is 19.6 Å². The molecule has 0 aliphatic heterocycles. The fourth-order valence-electron chi connectivity index (χ4n) is 1.73. The Bertz CT molecular complexity index is 583. The lowest BCUT2D eigenvalue weighted by Crippen LogP contribution is -2.21. The molecule has 0 radical (unpaired) electrons. The highest BCUT2D eigenvalue weighted by atomic mass is 79.9. The fraction of sp³-hybridized carbons (Fsp3) is 0.176. The molecule has 0 unspecified atom stereocenters. The van der Waals surface area contributed by atoms with Gasteiger partial charge in [0.15, 0.2) is 0 Å². The molecular weight excluding hydrogens is 344 g/mol. The van der Waals surface area contributed by atoms with Crippen molar-refractivity contribution in [3.05, 3.63) is 69.2 Å². The Morgan fingerprint density at radius 2 is 1.55 bits per heavy atom. The van der Waals surface area contributed by atoms with Gasteiger partial charge in [-0.1, -0.05) is 77.7 Å². The molecule has 0 aliphatic rings. The van der Waals surface area contributed by atoms with Crippen LogP contribution >= 0.6 is 27.7 Å². The molecule has 104 valence electrons. The molecule has 20 heavy (non-hydrogen) atoms. The summed E-state index contributed by atoms with van der Waals surface area (Å²) in [6.07, 6.45) is 2.35. The normalized spacial score (nSPS) is 12.5. The minimum Gasteiger partial charge on any atom is -0.0991 e. The van der Waals surface area contributed by atoms with Crippen LogP contribution in [0.15, 0.2) is 68.5 Å². The number of halogens is 1. The summed E-state index contributed by atoms with van der Waals surface area (Å²) in [5.74, 6) is 0. The van der Waals surface area contributed by atoms with E-state index >= 15 is 0 Å². The molecule has 0 heterocycles. The van der Waals surface area contributed by atoms with Crippen molar-refractivity contribution in [2.75, 3.05) is 0 Å². The minimum absolute atomic E-state index is 1.13. The molecule has 0 fully saturated rings. The van der Waals surface area contributed by atoms with Gasteiger partial charge in [-0.05, 0) is 40.4 Å². The van der Waals surface area contributed by atoms with Gasteiger partial charge in [-0.15, -0.1) is 0 Å². The second kappa shape index (κ2) is 6.79. The Hall–Kier alpha value is -0.773. The van der Waals surface area contributed by atoms with Crippen molar-refractivity contribution in [3.8, 4) is 0 Å². The number of rotatable bonds is 4. The smallest absolute Gasteiger partial charge is 0.0862 e. The number of hydrogen-bond donors (Lipinski definition) is 0. The van der Waals surface area contributed by atoms with E-state index in [0.29, 0.717) is 0 Å². The number of benzene rings is 2. The van der Waals surface area contributed by atoms with E-state index in [9.17, 15) is 0 Å². The van der Waals surface area contributed by atoms with E-state index in [-0.39, 0.29) is 0 Å². The van der Waals surface area contributed by atoms with Crippen LogP contribution in [0.3, 0.4) is 0 Å². The lowest BCUT2D eigenvalue weighted by molar-refractivity contribution is 1.45. The second-order valence-corrected chi connectivity index (χ2v) is 13.2. The summed E-state index contributed by atoms with van der Waals surface area (Å²) in [6, 6.07) is 19.1. The molecule has 0 saturated heterocycles. The first kappa shape index (κ1) is 15.6. The monoisotopic (exact) mass is 362 g/mol. The van der Waals surface area contributed by atoms with Crippen molar-refractivity contribution >= 4 is 41.8 Å². The summed E-state index contributed by atoms with van der Waals surface area (Å²) >= 11 is 5.39. The molecule has 0 atom stereocenters. The van der Waals surface area contributed by atoms with Crippen molar-refractivity contribution in [1.29, 1.82) is 0 Å². The fourth-order valence-corrected chi connectivity index (χ4v) is 4.89. The van der Waals surface area contributed by atoms with Crippen molar-refractivity contribution in [3.63, 3.8) is 0 Å². The zero-order valence-corrected chi connectivity index (χ0v) is 15.5. The van der Waals surface area contributed by atoms with Crippen LogP contribution in [0.25, 0.3) is 6.08 Å². The molecule has 0 nitrogen and oxygen atoms in total. The Morgan fingerprint density at radius 3 is 2.10 bits per heavy atom. The average molecular weight is 363 g/mol. The quantitative estimate of drug-likeness (QED) is 0.444. The van der Waals surface area contributed by atoms with Gasteiger partial charge < -0.3 is 0 Å². The van der Waals surface area contributed by atoms with Gasteiger partial charge in [-0.25, -0.2) is 0 Å². The SMILES string of the molecule is C[Si](C)(C)/C(=C/c1ccccc1)Sc1ccc(Br)cc1. The van der Waals surface area contributed by atoms with Crippen LogP contribution in [0, 0.1) is 0 Å². The maximum absolute atomic E-state index is 3.49. The summed E-state index contributed by atoms with van der Waals surface area (Å²) in [4.78, 5) is 1.30. The third-order valence-corrected chi connectivity index (χ3v) is 8.02. The Labute approximate surface area is 135 Å². The van der Waals surface area contributed by atoms with Crippen LogP contribution < -0.4 is 0 Å². The molecule has 2 aromatic rings. The van der Waals surface area contributed by atoms with Gasteiger partial charge in [0, 0.05) is 9.37 Å². The largest absolute Gasteiger partial charge is 0.0991 e. The zero-order chi connectivity index (χ0) is 14.6. The standard InChI is InChI=1S/C17H19BrSSi/c1-20(2,3)17(13-14-7-5-4-6-8-14)19-16-11-9-15(18)10-12-16/h4-13H,1-3H3/b17-13+. The van der Waals surface area contributed by atoms with Crippen LogP contribution in [0.1, 0.15) is 5.56 Å². The Kier molecular flexibility index (Phi) is 5.30. The van der Waals surface area contributed by atoms with Crippen molar-refractivity contribution in [2.45, 2.75) is 24.5 Å². The minimum atomic E-state index is -1.35. The topological polar surface area (TPSA) is 0 Å². The summed E-state index contributed by atoms with van der Waals surface area (Å²) in [5.41, 5.74) is 1.29. The van der Waals surface area contributed by atoms with E-state index in [1.165, 1.54) is 15.0 Å². The van der Waals surface area contributed by atoms with Crippen molar-refractivity contribution in [1.82, 2.24) is 0 Å². The molecule has 0 saturated carbocycles. The van der Waals surface area contributed by atoms with Crippen molar-refractivity contribution in [2.24, 2.45) is 0 Å². The van der Waals surface area contributed by atoms with E-state index in [2.05, 4.69) is 96.2 Å². The first-order valence-electron chi connectivity index (χ1n) is 6.66. The predicted octanol–water partition coefficient (Wildman–Crippen LogP) is 6.46. The second-order valence-electron chi connectivity index (χ2n) is 5.73. The van der Waals surface area contributed by atoms with Gasteiger partial charge >= 0.3 is 0 Å². The molecule has 2 aromatic carbocycles. The van der Waals surface area contributed by atoms with Gasteiger partial charge in [-0.2, -0.15) is 0 Å². The molecule has 0 spiro atoms. The Balaban J connectivity index is 2.29. The number of thioether (sulfide) groups is 1.